The molecule has 1 unspecified atom stereocenters. The van der Waals surface area contributed by atoms with E-state index in [-0.39, 0.29) is 22.9 Å². The molecule has 1 atom stereocenters. The number of ketones is 1. The predicted octanol–water partition coefficient (Wildman–Crippen LogP) is 2.06. The number of aliphatic hydroxyl groups is 1. The van der Waals surface area contributed by atoms with Crippen LogP contribution in [0.15, 0.2) is 11.8 Å². The highest BCUT2D eigenvalue weighted by molar-refractivity contribution is 5.91. The summed E-state index contributed by atoms with van der Waals surface area (Å²) < 4.78 is 0. The molecule has 0 fully saturated rings. The van der Waals surface area contributed by atoms with E-state index in [0.29, 0.717) is 6.42 Å². The van der Waals surface area contributed by atoms with Gasteiger partial charge in [0.15, 0.2) is 5.78 Å². The van der Waals surface area contributed by atoms with Gasteiger partial charge in [0.05, 0.1) is 0 Å². The first-order chi connectivity index (χ1) is 4.94. The molecule has 1 rings (SSSR count). The van der Waals surface area contributed by atoms with Crippen molar-refractivity contribution in [1.29, 1.82) is 0 Å². The fourth-order valence-electron chi connectivity index (χ4n) is 1.21. The number of aliphatic hydroxyl groups excluding tert-OH is 1. The SMILES string of the molecule is CC1CC(=O)C=C(O)C1(C)C. The topological polar surface area (TPSA) is 37.3 Å². The molecule has 2 heteroatoms. The fourth-order valence-corrected chi connectivity index (χ4v) is 1.21. The van der Waals surface area contributed by atoms with Crippen LogP contribution in [0.4, 0.5) is 0 Å². The van der Waals surface area contributed by atoms with Crippen molar-refractivity contribution in [3.05, 3.63) is 11.8 Å². The van der Waals surface area contributed by atoms with E-state index in [1.165, 1.54) is 6.08 Å². The van der Waals surface area contributed by atoms with Crippen LogP contribution in [0.5, 0.6) is 0 Å². The zero-order valence-electron chi connectivity index (χ0n) is 7.22. The second-order valence-electron chi connectivity index (χ2n) is 3.82. The summed E-state index contributed by atoms with van der Waals surface area (Å²) in [5, 5.41) is 9.42. The van der Waals surface area contributed by atoms with Crippen molar-refractivity contribution in [2.24, 2.45) is 11.3 Å². The summed E-state index contributed by atoms with van der Waals surface area (Å²) in [6.07, 6.45) is 1.90. The van der Waals surface area contributed by atoms with E-state index in [1.807, 2.05) is 20.8 Å². The number of allylic oxidation sites excluding steroid dienone is 2. The van der Waals surface area contributed by atoms with Crippen molar-refractivity contribution in [3.63, 3.8) is 0 Å². The summed E-state index contributed by atoms with van der Waals surface area (Å²) in [4.78, 5) is 10.9. The lowest BCUT2D eigenvalue weighted by molar-refractivity contribution is -0.117. The summed E-state index contributed by atoms with van der Waals surface area (Å²) in [6, 6.07) is 0. The van der Waals surface area contributed by atoms with E-state index in [1.54, 1.807) is 0 Å². The average molecular weight is 154 g/mol. The van der Waals surface area contributed by atoms with Crippen molar-refractivity contribution < 1.29 is 9.90 Å². The number of rotatable bonds is 0. The van der Waals surface area contributed by atoms with E-state index < -0.39 is 0 Å². The fraction of sp³-hybridized carbons (Fsp3) is 0.667. The third kappa shape index (κ3) is 1.30. The lowest BCUT2D eigenvalue weighted by Gasteiger charge is -2.33. The van der Waals surface area contributed by atoms with Crippen LogP contribution >= 0.6 is 0 Å². The van der Waals surface area contributed by atoms with E-state index >= 15 is 0 Å². The van der Waals surface area contributed by atoms with Crippen molar-refractivity contribution in [2.75, 3.05) is 0 Å². The van der Waals surface area contributed by atoms with Crippen LogP contribution in [0, 0.1) is 11.3 Å². The van der Waals surface area contributed by atoms with E-state index in [0.717, 1.165) is 0 Å². The Bertz CT molecular complexity index is 214. The second-order valence-corrected chi connectivity index (χ2v) is 3.82. The Kier molecular flexibility index (Phi) is 1.78. The monoisotopic (exact) mass is 154 g/mol. The highest BCUT2D eigenvalue weighted by Gasteiger charge is 2.35. The molecule has 0 amide bonds. The maximum Gasteiger partial charge on any atom is 0.159 e. The molecule has 62 valence electrons. The third-order valence-corrected chi connectivity index (χ3v) is 2.70. The van der Waals surface area contributed by atoms with Gasteiger partial charge in [-0.25, -0.2) is 0 Å². The molecule has 2 nitrogen and oxygen atoms in total. The Labute approximate surface area is 66.9 Å². The second kappa shape index (κ2) is 2.36. The van der Waals surface area contributed by atoms with Gasteiger partial charge in [-0.05, 0) is 5.92 Å². The maximum atomic E-state index is 10.9. The molecule has 0 radical (unpaired) electrons. The van der Waals surface area contributed by atoms with Gasteiger partial charge in [-0.1, -0.05) is 20.8 Å². The molecule has 1 N–H and O–H groups in total. The molecule has 0 saturated carbocycles. The van der Waals surface area contributed by atoms with E-state index in [4.69, 9.17) is 0 Å². The minimum Gasteiger partial charge on any atom is -0.512 e. The molecule has 0 saturated heterocycles. The molecule has 11 heavy (non-hydrogen) atoms. The normalized spacial score (nSPS) is 29.9. The van der Waals surface area contributed by atoms with Gasteiger partial charge >= 0.3 is 0 Å². The van der Waals surface area contributed by atoms with Gasteiger partial charge < -0.3 is 5.11 Å². The van der Waals surface area contributed by atoms with Gasteiger partial charge in [-0.3, -0.25) is 4.79 Å². The van der Waals surface area contributed by atoms with E-state index in [9.17, 15) is 9.90 Å². The Morgan fingerprint density at radius 1 is 1.64 bits per heavy atom. The van der Waals surface area contributed by atoms with Crippen LogP contribution in [0.3, 0.4) is 0 Å². The molecular formula is C9H14O2. The van der Waals surface area contributed by atoms with Crippen LogP contribution in [0.1, 0.15) is 27.2 Å². The molecule has 0 aromatic carbocycles. The van der Waals surface area contributed by atoms with E-state index in [2.05, 4.69) is 0 Å². The molecule has 0 bridgehead atoms. The van der Waals surface area contributed by atoms with Gasteiger partial charge in [0.2, 0.25) is 0 Å². The summed E-state index contributed by atoms with van der Waals surface area (Å²) in [5.74, 6) is 0.496. The Morgan fingerprint density at radius 2 is 2.18 bits per heavy atom. The Hall–Kier alpha value is -0.790. The van der Waals surface area contributed by atoms with Crippen LogP contribution in [-0.4, -0.2) is 10.9 Å². The highest BCUT2D eigenvalue weighted by Crippen LogP contribution is 2.38. The molecule has 0 aliphatic heterocycles. The van der Waals surface area contributed by atoms with Gasteiger partial charge in [0.25, 0.3) is 0 Å². The minimum atomic E-state index is -0.228. The van der Waals surface area contributed by atoms with Crippen LogP contribution in [0.25, 0.3) is 0 Å². The maximum absolute atomic E-state index is 10.9. The minimum absolute atomic E-state index is 0.0364. The van der Waals surface area contributed by atoms with Crippen molar-refractivity contribution in [1.82, 2.24) is 0 Å². The quantitative estimate of drug-likeness (QED) is 0.580. The number of carbonyl (C=O) groups excluding carboxylic acids is 1. The molecular weight excluding hydrogens is 140 g/mol. The predicted molar refractivity (Wildman–Crippen MR) is 43.3 cm³/mol. The first-order valence-electron chi connectivity index (χ1n) is 3.88. The van der Waals surface area contributed by atoms with Gasteiger partial charge in [-0.2, -0.15) is 0 Å². The molecule has 0 aromatic heterocycles. The smallest absolute Gasteiger partial charge is 0.159 e. The van der Waals surface area contributed by atoms with Gasteiger partial charge in [0.1, 0.15) is 5.76 Å². The van der Waals surface area contributed by atoms with Crippen LogP contribution in [0.2, 0.25) is 0 Å². The van der Waals surface area contributed by atoms with Crippen molar-refractivity contribution in [3.8, 4) is 0 Å². The molecule has 0 spiro atoms. The summed E-state index contributed by atoms with van der Waals surface area (Å²) in [5.41, 5.74) is -0.228. The Morgan fingerprint density at radius 3 is 2.64 bits per heavy atom. The zero-order chi connectivity index (χ0) is 8.65. The van der Waals surface area contributed by atoms with Crippen molar-refractivity contribution in [2.45, 2.75) is 27.2 Å². The van der Waals surface area contributed by atoms with Crippen LogP contribution < -0.4 is 0 Å². The molecule has 1 aliphatic rings. The molecule has 1 aliphatic carbocycles. The van der Waals surface area contributed by atoms with Gasteiger partial charge in [0, 0.05) is 17.9 Å². The lowest BCUT2D eigenvalue weighted by atomic mass is 9.72. The standard InChI is InChI=1S/C9H14O2/c1-6-4-7(10)5-8(11)9(6,2)3/h5-6,11H,4H2,1-3H3. The highest BCUT2D eigenvalue weighted by atomic mass is 16.3. The molecule has 0 aromatic rings. The number of carbonyl (C=O) groups is 1. The average Bonchev–Trinajstić information content (AvgIpc) is 1.84. The summed E-state index contributed by atoms with van der Waals surface area (Å²) in [6.45, 7) is 5.90. The third-order valence-electron chi connectivity index (χ3n) is 2.70. The lowest BCUT2D eigenvalue weighted by Crippen LogP contribution is -2.30. The summed E-state index contributed by atoms with van der Waals surface area (Å²) >= 11 is 0. The first kappa shape index (κ1) is 8.31. The Balaban J connectivity index is 2.99. The number of hydrogen-bond acceptors (Lipinski definition) is 2. The first-order valence-corrected chi connectivity index (χ1v) is 3.88. The van der Waals surface area contributed by atoms with Gasteiger partial charge in [-0.15, -0.1) is 0 Å². The zero-order valence-corrected chi connectivity index (χ0v) is 7.22. The van der Waals surface area contributed by atoms with Crippen molar-refractivity contribution >= 4 is 5.78 Å². The largest absolute Gasteiger partial charge is 0.512 e. The summed E-state index contributed by atoms with van der Waals surface area (Å²) in [7, 11) is 0. The van der Waals surface area contributed by atoms with Crippen LogP contribution in [-0.2, 0) is 4.79 Å². The number of hydrogen-bond donors (Lipinski definition) is 1. The molecule has 0 heterocycles.